The van der Waals surface area contributed by atoms with Gasteiger partial charge in [-0.2, -0.15) is 13.2 Å². The van der Waals surface area contributed by atoms with Crippen LogP contribution < -0.4 is 0 Å². The first-order valence-electron chi connectivity index (χ1n) is 6.09. The molecule has 1 atom stereocenters. The lowest BCUT2D eigenvalue weighted by Crippen LogP contribution is -2.30. The summed E-state index contributed by atoms with van der Waals surface area (Å²) in [5, 5.41) is 8.83. The summed E-state index contributed by atoms with van der Waals surface area (Å²) in [6.07, 6.45) is -4.49. The molecule has 1 saturated heterocycles. The molecule has 114 valence electrons. The lowest BCUT2D eigenvalue weighted by atomic mass is 10.1. The Bertz CT molecular complexity index is 585. The molecule has 0 spiro atoms. The van der Waals surface area contributed by atoms with E-state index in [9.17, 15) is 27.2 Å². The fourth-order valence-corrected chi connectivity index (χ4v) is 2.18. The maximum absolute atomic E-state index is 13.6. The van der Waals surface area contributed by atoms with E-state index in [0.29, 0.717) is 18.2 Å². The number of carboxylic acid groups (broad SMARTS) is 1. The van der Waals surface area contributed by atoms with E-state index in [1.807, 2.05) is 0 Å². The van der Waals surface area contributed by atoms with E-state index in [-0.39, 0.29) is 19.5 Å². The second-order valence-electron chi connectivity index (χ2n) is 4.77. The second kappa shape index (κ2) is 5.34. The lowest BCUT2D eigenvalue weighted by molar-refractivity contribution is -0.141. The van der Waals surface area contributed by atoms with Gasteiger partial charge in [-0.05, 0) is 24.6 Å². The third-order valence-electron chi connectivity index (χ3n) is 3.35. The van der Waals surface area contributed by atoms with Gasteiger partial charge in [0.1, 0.15) is 5.82 Å². The molecule has 8 heteroatoms. The topological polar surface area (TPSA) is 57.6 Å². The highest BCUT2D eigenvalue weighted by Gasteiger charge is 2.35. The normalized spacial score (nSPS) is 18.9. The molecule has 1 aromatic rings. The van der Waals surface area contributed by atoms with Crippen LogP contribution in [0.4, 0.5) is 17.6 Å². The maximum atomic E-state index is 13.6. The van der Waals surface area contributed by atoms with E-state index in [0.717, 1.165) is 4.90 Å². The number of carboxylic acids is 1. The van der Waals surface area contributed by atoms with Crippen LogP contribution in [0.1, 0.15) is 22.3 Å². The summed E-state index contributed by atoms with van der Waals surface area (Å²) in [6, 6.07) is 1.59. The van der Waals surface area contributed by atoms with Gasteiger partial charge in [0.2, 0.25) is 0 Å². The van der Waals surface area contributed by atoms with Crippen LogP contribution in [0.5, 0.6) is 0 Å². The van der Waals surface area contributed by atoms with Crippen LogP contribution >= 0.6 is 0 Å². The predicted octanol–water partition coefficient (Wildman–Crippen LogP) is 2.39. The van der Waals surface area contributed by atoms with Crippen LogP contribution in [-0.2, 0) is 11.0 Å². The number of carbonyl (C=O) groups is 2. The summed E-state index contributed by atoms with van der Waals surface area (Å²) >= 11 is 0. The van der Waals surface area contributed by atoms with Crippen LogP contribution in [0.2, 0.25) is 0 Å². The smallest absolute Gasteiger partial charge is 0.416 e. The van der Waals surface area contributed by atoms with Crippen molar-refractivity contribution >= 4 is 11.9 Å². The van der Waals surface area contributed by atoms with Crippen molar-refractivity contribution in [2.24, 2.45) is 5.92 Å². The quantitative estimate of drug-likeness (QED) is 0.854. The van der Waals surface area contributed by atoms with Gasteiger partial charge in [0.05, 0.1) is 17.0 Å². The molecule has 1 N–H and O–H groups in total. The molecule has 21 heavy (non-hydrogen) atoms. The molecule has 2 rings (SSSR count). The molecule has 0 aromatic heterocycles. The van der Waals surface area contributed by atoms with E-state index < -0.39 is 40.9 Å². The van der Waals surface area contributed by atoms with E-state index in [2.05, 4.69) is 0 Å². The Hall–Kier alpha value is -2.12. The van der Waals surface area contributed by atoms with Crippen molar-refractivity contribution < 1.29 is 32.3 Å². The van der Waals surface area contributed by atoms with Crippen molar-refractivity contribution in [3.8, 4) is 0 Å². The molecule has 1 aliphatic rings. The predicted molar refractivity (Wildman–Crippen MR) is 63.0 cm³/mol. The third kappa shape index (κ3) is 3.14. The standard InChI is InChI=1S/C13H11F4NO3/c14-10-2-1-8(13(15,16)17)5-9(10)11(19)18-4-3-7(6-18)12(20)21/h1-2,5,7H,3-4,6H2,(H,20,21)/t7-/m0/s1. The molecule has 1 heterocycles. The summed E-state index contributed by atoms with van der Waals surface area (Å²) < 4.78 is 51.3. The van der Waals surface area contributed by atoms with Crippen LogP contribution in [0.3, 0.4) is 0 Å². The van der Waals surface area contributed by atoms with Crippen molar-refractivity contribution in [3.63, 3.8) is 0 Å². The molecule has 0 bridgehead atoms. The van der Waals surface area contributed by atoms with Crippen molar-refractivity contribution in [2.75, 3.05) is 13.1 Å². The minimum atomic E-state index is -4.68. The summed E-state index contributed by atoms with van der Waals surface area (Å²) in [7, 11) is 0. The number of nitrogens with zero attached hydrogens (tertiary/aromatic N) is 1. The first-order valence-corrected chi connectivity index (χ1v) is 6.09. The summed E-state index contributed by atoms with van der Waals surface area (Å²) in [6.45, 7) is -0.0602. The number of hydrogen-bond donors (Lipinski definition) is 1. The Kier molecular flexibility index (Phi) is 3.89. The average Bonchev–Trinajstić information content (AvgIpc) is 2.86. The Balaban J connectivity index is 2.26. The molecule has 0 saturated carbocycles. The molecule has 1 aliphatic heterocycles. The Morgan fingerprint density at radius 1 is 1.29 bits per heavy atom. The zero-order valence-corrected chi connectivity index (χ0v) is 10.7. The molecule has 0 aliphatic carbocycles. The van der Waals surface area contributed by atoms with E-state index in [4.69, 9.17) is 5.11 Å². The zero-order valence-electron chi connectivity index (χ0n) is 10.7. The van der Waals surface area contributed by atoms with E-state index in [1.165, 1.54) is 0 Å². The number of aliphatic carboxylic acids is 1. The molecule has 0 unspecified atom stereocenters. The minimum absolute atomic E-state index is 0.0749. The largest absolute Gasteiger partial charge is 0.481 e. The first kappa shape index (κ1) is 15.3. The Morgan fingerprint density at radius 2 is 1.95 bits per heavy atom. The summed E-state index contributed by atoms with van der Waals surface area (Å²) in [5.41, 5.74) is -1.82. The molecule has 1 amide bonds. The maximum Gasteiger partial charge on any atom is 0.416 e. The van der Waals surface area contributed by atoms with Gasteiger partial charge in [0, 0.05) is 13.1 Å². The van der Waals surface area contributed by atoms with Crippen LogP contribution in [0.25, 0.3) is 0 Å². The highest BCUT2D eigenvalue weighted by atomic mass is 19.4. The fraction of sp³-hybridized carbons (Fsp3) is 0.385. The van der Waals surface area contributed by atoms with Gasteiger partial charge in [0.25, 0.3) is 5.91 Å². The van der Waals surface area contributed by atoms with Gasteiger partial charge >= 0.3 is 12.1 Å². The minimum Gasteiger partial charge on any atom is -0.481 e. The van der Waals surface area contributed by atoms with Crippen LogP contribution in [0.15, 0.2) is 18.2 Å². The first-order chi connectivity index (χ1) is 9.70. The van der Waals surface area contributed by atoms with E-state index >= 15 is 0 Å². The van der Waals surface area contributed by atoms with Gasteiger partial charge in [0.15, 0.2) is 0 Å². The van der Waals surface area contributed by atoms with Gasteiger partial charge in [-0.3, -0.25) is 9.59 Å². The number of likely N-dealkylation sites (tertiary alicyclic amines) is 1. The fourth-order valence-electron chi connectivity index (χ4n) is 2.18. The second-order valence-corrected chi connectivity index (χ2v) is 4.77. The number of carbonyl (C=O) groups excluding carboxylic acids is 1. The monoisotopic (exact) mass is 305 g/mol. The molecule has 4 nitrogen and oxygen atoms in total. The van der Waals surface area contributed by atoms with Crippen molar-refractivity contribution in [3.05, 3.63) is 35.1 Å². The number of amides is 1. The number of alkyl halides is 3. The molecular formula is C13H11F4NO3. The zero-order chi connectivity index (χ0) is 15.8. The molecule has 1 fully saturated rings. The Labute approximate surface area is 117 Å². The van der Waals surface area contributed by atoms with Crippen molar-refractivity contribution in [1.29, 1.82) is 0 Å². The van der Waals surface area contributed by atoms with Crippen molar-refractivity contribution in [2.45, 2.75) is 12.6 Å². The Morgan fingerprint density at radius 3 is 2.48 bits per heavy atom. The SMILES string of the molecule is O=C(O)[C@H]1CCN(C(=O)c2cc(C(F)(F)F)ccc2F)C1. The number of rotatable bonds is 2. The van der Waals surface area contributed by atoms with Gasteiger partial charge < -0.3 is 10.0 Å². The van der Waals surface area contributed by atoms with Crippen LogP contribution in [-0.4, -0.2) is 35.0 Å². The summed E-state index contributed by atoms with van der Waals surface area (Å²) in [4.78, 5) is 23.9. The number of halogens is 4. The van der Waals surface area contributed by atoms with Gasteiger partial charge in [-0.25, -0.2) is 4.39 Å². The highest BCUT2D eigenvalue weighted by molar-refractivity contribution is 5.95. The van der Waals surface area contributed by atoms with E-state index in [1.54, 1.807) is 0 Å². The summed E-state index contributed by atoms with van der Waals surface area (Å²) in [5.74, 6) is -3.85. The highest BCUT2D eigenvalue weighted by Crippen LogP contribution is 2.31. The van der Waals surface area contributed by atoms with Crippen LogP contribution in [0, 0.1) is 11.7 Å². The third-order valence-corrected chi connectivity index (χ3v) is 3.35. The molecule has 1 aromatic carbocycles. The molecular weight excluding hydrogens is 294 g/mol. The molecule has 0 radical (unpaired) electrons. The number of hydrogen-bond acceptors (Lipinski definition) is 2. The lowest BCUT2D eigenvalue weighted by Gasteiger charge is -2.17. The van der Waals surface area contributed by atoms with Gasteiger partial charge in [-0.1, -0.05) is 0 Å². The van der Waals surface area contributed by atoms with Gasteiger partial charge in [-0.15, -0.1) is 0 Å². The average molecular weight is 305 g/mol. The number of benzene rings is 1. The van der Waals surface area contributed by atoms with Crippen molar-refractivity contribution in [1.82, 2.24) is 4.90 Å².